The molecular weight excluding hydrogens is 206 g/mol. The second-order valence-corrected chi connectivity index (χ2v) is 4.12. The normalized spacial score (nSPS) is 12.8. The number of oxime groups is 1. The number of benzene rings is 1. The highest BCUT2D eigenvalue weighted by atomic mass is 32.2. The first-order chi connectivity index (χ1) is 6.45. The molecule has 0 aliphatic rings. The molecule has 0 amide bonds. The van der Waals surface area contributed by atoms with Crippen LogP contribution in [0.1, 0.15) is 5.56 Å². The number of rotatable bonds is 2. The average Bonchev–Trinajstić information content (AvgIpc) is 2.15. The summed E-state index contributed by atoms with van der Waals surface area (Å²) in [5.74, 6) is -0.171. The van der Waals surface area contributed by atoms with Crippen LogP contribution in [0.25, 0.3) is 0 Å². The molecule has 0 radical (unpaired) electrons. The molecule has 14 heavy (non-hydrogen) atoms. The Balaban J connectivity index is 3.28. The van der Waals surface area contributed by atoms with Gasteiger partial charge in [-0.25, -0.2) is 13.6 Å². The Morgan fingerprint density at radius 1 is 1.43 bits per heavy atom. The van der Waals surface area contributed by atoms with Crippen molar-refractivity contribution < 1.29 is 13.6 Å². The van der Waals surface area contributed by atoms with Gasteiger partial charge in [0.25, 0.3) is 0 Å². The van der Waals surface area contributed by atoms with Crippen molar-refractivity contribution in [3.05, 3.63) is 29.8 Å². The van der Waals surface area contributed by atoms with Crippen molar-refractivity contribution in [1.29, 1.82) is 0 Å². The van der Waals surface area contributed by atoms with E-state index in [9.17, 15) is 8.42 Å². The van der Waals surface area contributed by atoms with Crippen LogP contribution in [0.3, 0.4) is 0 Å². The fourth-order valence-electron chi connectivity index (χ4n) is 0.890. The van der Waals surface area contributed by atoms with Gasteiger partial charge in [-0.05, 0) is 12.1 Å². The molecule has 5 N–H and O–H groups in total. The Bertz CT molecular complexity index is 467. The molecule has 0 unspecified atom stereocenters. The third-order valence-corrected chi connectivity index (χ3v) is 2.48. The summed E-state index contributed by atoms with van der Waals surface area (Å²) in [7, 11) is -3.76. The molecule has 7 heteroatoms. The van der Waals surface area contributed by atoms with Gasteiger partial charge in [0.1, 0.15) is 0 Å². The predicted molar refractivity (Wildman–Crippen MR) is 50.3 cm³/mol. The molecule has 0 atom stereocenters. The molecule has 76 valence electrons. The Morgan fingerprint density at radius 3 is 2.57 bits per heavy atom. The number of hydrogen-bond acceptors (Lipinski definition) is 4. The lowest BCUT2D eigenvalue weighted by Gasteiger charge is -2.01. The van der Waals surface area contributed by atoms with Gasteiger partial charge in [0.05, 0.1) is 4.90 Å². The highest BCUT2D eigenvalue weighted by Gasteiger charge is 2.09. The van der Waals surface area contributed by atoms with Crippen LogP contribution >= 0.6 is 0 Å². The Morgan fingerprint density at radius 2 is 2.07 bits per heavy atom. The molecule has 0 fully saturated rings. The fourth-order valence-corrected chi connectivity index (χ4v) is 1.45. The second-order valence-electron chi connectivity index (χ2n) is 2.56. The summed E-state index contributed by atoms with van der Waals surface area (Å²) in [6, 6.07) is 5.50. The largest absolute Gasteiger partial charge is 0.409 e. The van der Waals surface area contributed by atoms with E-state index in [1.54, 1.807) is 0 Å². The van der Waals surface area contributed by atoms with Crippen molar-refractivity contribution in [2.75, 3.05) is 0 Å². The van der Waals surface area contributed by atoms with Gasteiger partial charge in [0.15, 0.2) is 5.84 Å². The lowest BCUT2D eigenvalue weighted by molar-refractivity contribution is 0.318. The Labute approximate surface area is 80.9 Å². The quantitative estimate of drug-likeness (QED) is 0.265. The topological polar surface area (TPSA) is 119 Å². The van der Waals surface area contributed by atoms with E-state index in [2.05, 4.69) is 5.16 Å². The van der Waals surface area contributed by atoms with Crippen LogP contribution in [0, 0.1) is 0 Å². The zero-order valence-electron chi connectivity index (χ0n) is 7.08. The molecule has 1 aromatic rings. The Kier molecular flexibility index (Phi) is 2.73. The molecule has 0 aliphatic heterocycles. The van der Waals surface area contributed by atoms with Crippen molar-refractivity contribution in [3.8, 4) is 0 Å². The van der Waals surface area contributed by atoms with Gasteiger partial charge in [0.2, 0.25) is 10.0 Å². The number of hydrogen-bond donors (Lipinski definition) is 3. The van der Waals surface area contributed by atoms with Crippen molar-refractivity contribution in [2.45, 2.75) is 4.90 Å². The first-order valence-electron chi connectivity index (χ1n) is 3.56. The monoisotopic (exact) mass is 215 g/mol. The van der Waals surface area contributed by atoms with Crippen LogP contribution in [-0.2, 0) is 10.0 Å². The maximum atomic E-state index is 10.9. The fraction of sp³-hybridized carbons (Fsp3) is 0. The minimum absolute atomic E-state index is 0.0819. The summed E-state index contributed by atoms with van der Waals surface area (Å²) in [5.41, 5.74) is 5.56. The molecule has 6 nitrogen and oxygen atoms in total. The molecule has 1 aromatic carbocycles. The van der Waals surface area contributed by atoms with E-state index in [1.165, 1.54) is 24.3 Å². The number of nitrogens with zero attached hydrogens (tertiary/aromatic N) is 1. The molecule has 0 saturated carbocycles. The van der Waals surface area contributed by atoms with Crippen LogP contribution in [0.15, 0.2) is 34.3 Å². The molecular formula is C7H9N3O3S. The standard InChI is InChI=1S/C7H9N3O3S/c8-7(10-11)5-2-1-3-6(4-5)14(9,12)13/h1-4,11H,(H2,8,10)(H2,9,12,13). The minimum Gasteiger partial charge on any atom is -0.409 e. The third kappa shape index (κ3) is 2.21. The Hall–Kier alpha value is -1.60. The highest BCUT2D eigenvalue weighted by Crippen LogP contribution is 2.09. The molecule has 0 bridgehead atoms. The number of sulfonamides is 1. The lowest BCUT2D eigenvalue weighted by Crippen LogP contribution is -2.16. The number of amidine groups is 1. The van der Waals surface area contributed by atoms with E-state index in [1.807, 2.05) is 0 Å². The van der Waals surface area contributed by atoms with Crippen molar-refractivity contribution in [3.63, 3.8) is 0 Å². The van der Waals surface area contributed by atoms with Gasteiger partial charge >= 0.3 is 0 Å². The summed E-state index contributed by atoms with van der Waals surface area (Å²) in [5, 5.41) is 16.0. The smallest absolute Gasteiger partial charge is 0.238 e. The zero-order valence-corrected chi connectivity index (χ0v) is 7.90. The summed E-state index contributed by atoms with van der Waals surface area (Å²) in [4.78, 5) is -0.0819. The molecule has 0 heterocycles. The SMILES string of the molecule is NC(=NO)c1cccc(S(N)(=O)=O)c1. The minimum atomic E-state index is -3.76. The van der Waals surface area contributed by atoms with Gasteiger partial charge in [-0.2, -0.15) is 0 Å². The molecule has 0 aliphatic carbocycles. The number of primary sulfonamides is 1. The van der Waals surface area contributed by atoms with Crippen LogP contribution in [0.4, 0.5) is 0 Å². The van der Waals surface area contributed by atoms with Crippen LogP contribution in [-0.4, -0.2) is 19.5 Å². The van der Waals surface area contributed by atoms with Crippen molar-refractivity contribution in [1.82, 2.24) is 0 Å². The van der Waals surface area contributed by atoms with Gasteiger partial charge in [0, 0.05) is 5.56 Å². The predicted octanol–water partition coefficient (Wildman–Crippen LogP) is -0.571. The highest BCUT2D eigenvalue weighted by molar-refractivity contribution is 7.89. The summed E-state index contributed by atoms with van der Waals surface area (Å²) in [6.45, 7) is 0. The van der Waals surface area contributed by atoms with Crippen molar-refractivity contribution >= 4 is 15.9 Å². The van der Waals surface area contributed by atoms with E-state index in [4.69, 9.17) is 16.1 Å². The van der Waals surface area contributed by atoms with Gasteiger partial charge < -0.3 is 10.9 Å². The summed E-state index contributed by atoms with van der Waals surface area (Å²) in [6.07, 6.45) is 0. The van der Waals surface area contributed by atoms with Crippen LogP contribution in [0.2, 0.25) is 0 Å². The maximum Gasteiger partial charge on any atom is 0.238 e. The van der Waals surface area contributed by atoms with Crippen LogP contribution in [0.5, 0.6) is 0 Å². The maximum absolute atomic E-state index is 10.9. The first kappa shape index (κ1) is 10.5. The van der Waals surface area contributed by atoms with E-state index >= 15 is 0 Å². The van der Waals surface area contributed by atoms with Gasteiger partial charge in [-0.15, -0.1) is 0 Å². The first-order valence-corrected chi connectivity index (χ1v) is 5.10. The van der Waals surface area contributed by atoms with E-state index < -0.39 is 10.0 Å². The zero-order chi connectivity index (χ0) is 10.8. The number of nitrogens with two attached hydrogens (primary N) is 2. The lowest BCUT2D eigenvalue weighted by atomic mass is 10.2. The second kappa shape index (κ2) is 3.64. The van der Waals surface area contributed by atoms with E-state index in [0.717, 1.165) is 0 Å². The van der Waals surface area contributed by atoms with Crippen LogP contribution < -0.4 is 10.9 Å². The molecule has 1 rings (SSSR count). The third-order valence-electron chi connectivity index (χ3n) is 1.57. The summed E-state index contributed by atoms with van der Waals surface area (Å²) < 4.78 is 21.9. The average molecular weight is 215 g/mol. The molecule has 0 aromatic heterocycles. The van der Waals surface area contributed by atoms with E-state index in [-0.39, 0.29) is 10.7 Å². The van der Waals surface area contributed by atoms with Gasteiger partial charge in [-0.3, -0.25) is 0 Å². The van der Waals surface area contributed by atoms with E-state index in [0.29, 0.717) is 5.56 Å². The summed E-state index contributed by atoms with van der Waals surface area (Å²) >= 11 is 0. The molecule has 0 saturated heterocycles. The van der Waals surface area contributed by atoms with Gasteiger partial charge in [-0.1, -0.05) is 17.3 Å². The molecule has 0 spiro atoms. The van der Waals surface area contributed by atoms with Crippen molar-refractivity contribution in [2.24, 2.45) is 16.0 Å².